The van der Waals surface area contributed by atoms with E-state index in [1.54, 1.807) is 0 Å². The lowest BCUT2D eigenvalue weighted by Gasteiger charge is -2.03. The molecule has 0 heterocycles. The summed E-state index contributed by atoms with van der Waals surface area (Å²) in [7, 11) is 0. The largest absolute Gasteiger partial charge is 0.377 e. The average molecular weight is 156 g/mol. The molecule has 66 valence electrons. The predicted molar refractivity (Wildman–Crippen MR) is 49.7 cm³/mol. The van der Waals surface area contributed by atoms with Crippen LogP contribution in [0.3, 0.4) is 0 Å². The highest BCUT2D eigenvalue weighted by molar-refractivity contribution is 4.92. The second-order valence-corrected chi connectivity index (χ2v) is 3.54. The Morgan fingerprint density at radius 1 is 1.36 bits per heavy atom. The highest BCUT2D eigenvalue weighted by Gasteiger charge is 1.91. The van der Waals surface area contributed by atoms with Crippen molar-refractivity contribution in [3.63, 3.8) is 0 Å². The second kappa shape index (κ2) is 6.41. The maximum Gasteiger partial charge on any atom is 0.0649 e. The summed E-state index contributed by atoms with van der Waals surface area (Å²) in [6, 6.07) is 0. The van der Waals surface area contributed by atoms with Crippen LogP contribution in [0.25, 0.3) is 0 Å². The Hall–Kier alpha value is -0.300. The highest BCUT2D eigenvalue weighted by Crippen LogP contribution is 1.99. The first-order chi connectivity index (χ1) is 5.13. The van der Waals surface area contributed by atoms with Crippen LogP contribution in [0.2, 0.25) is 0 Å². The normalized spacial score (nSPS) is 10.3. The monoisotopic (exact) mass is 156 g/mol. The van der Waals surface area contributed by atoms with E-state index in [2.05, 4.69) is 33.8 Å². The molecule has 0 aliphatic heterocycles. The van der Waals surface area contributed by atoms with E-state index >= 15 is 0 Å². The zero-order valence-corrected chi connectivity index (χ0v) is 8.18. The van der Waals surface area contributed by atoms with Crippen LogP contribution in [0.15, 0.2) is 11.6 Å². The van der Waals surface area contributed by atoms with Crippen LogP contribution in [0, 0.1) is 5.92 Å². The van der Waals surface area contributed by atoms with Crippen molar-refractivity contribution < 1.29 is 4.74 Å². The lowest BCUT2D eigenvalue weighted by molar-refractivity contribution is 0.149. The van der Waals surface area contributed by atoms with E-state index in [-0.39, 0.29) is 0 Å². The van der Waals surface area contributed by atoms with Crippen LogP contribution < -0.4 is 0 Å². The quantitative estimate of drug-likeness (QED) is 0.439. The van der Waals surface area contributed by atoms with E-state index in [9.17, 15) is 0 Å². The zero-order valence-electron chi connectivity index (χ0n) is 8.18. The molecule has 0 aromatic heterocycles. The summed E-state index contributed by atoms with van der Waals surface area (Å²) in [5.74, 6) is 0.752. The van der Waals surface area contributed by atoms with Gasteiger partial charge in [0, 0.05) is 6.61 Å². The third kappa shape index (κ3) is 9.70. The minimum Gasteiger partial charge on any atom is -0.377 e. The molecular formula is C10H20O. The Morgan fingerprint density at radius 2 is 2.00 bits per heavy atom. The fraction of sp³-hybridized carbons (Fsp3) is 0.800. The van der Waals surface area contributed by atoms with Gasteiger partial charge in [0.15, 0.2) is 0 Å². The molecule has 0 bridgehead atoms. The van der Waals surface area contributed by atoms with Gasteiger partial charge in [0.05, 0.1) is 6.61 Å². The van der Waals surface area contributed by atoms with Crippen molar-refractivity contribution >= 4 is 0 Å². The van der Waals surface area contributed by atoms with Crippen LogP contribution in [-0.2, 0) is 4.74 Å². The lowest BCUT2D eigenvalue weighted by Crippen LogP contribution is -1.98. The lowest BCUT2D eigenvalue weighted by atomic mass is 10.1. The van der Waals surface area contributed by atoms with E-state index in [4.69, 9.17) is 4.74 Å². The van der Waals surface area contributed by atoms with Gasteiger partial charge in [0.1, 0.15) is 0 Å². The molecule has 1 nitrogen and oxygen atoms in total. The number of hydrogen-bond acceptors (Lipinski definition) is 1. The Labute approximate surface area is 70.4 Å². The maximum atomic E-state index is 5.38. The molecule has 0 spiro atoms. The van der Waals surface area contributed by atoms with Crippen molar-refractivity contribution in [3.05, 3.63) is 11.6 Å². The minimum atomic E-state index is 0.752. The fourth-order valence-electron chi connectivity index (χ4n) is 0.628. The van der Waals surface area contributed by atoms with Gasteiger partial charge in [0.2, 0.25) is 0 Å². The molecule has 11 heavy (non-hydrogen) atoms. The van der Waals surface area contributed by atoms with Gasteiger partial charge in [-0.2, -0.15) is 0 Å². The van der Waals surface area contributed by atoms with Gasteiger partial charge in [-0.3, -0.25) is 0 Å². The summed E-state index contributed by atoms with van der Waals surface area (Å²) >= 11 is 0. The molecule has 0 aliphatic carbocycles. The first-order valence-corrected chi connectivity index (χ1v) is 4.34. The van der Waals surface area contributed by atoms with Crippen molar-refractivity contribution in [2.75, 3.05) is 13.2 Å². The molecule has 0 aliphatic rings. The van der Waals surface area contributed by atoms with Gasteiger partial charge < -0.3 is 4.74 Å². The number of hydrogen-bond donors (Lipinski definition) is 0. The van der Waals surface area contributed by atoms with Gasteiger partial charge in [-0.15, -0.1) is 0 Å². The fourth-order valence-corrected chi connectivity index (χ4v) is 0.628. The van der Waals surface area contributed by atoms with E-state index < -0.39 is 0 Å². The van der Waals surface area contributed by atoms with E-state index in [1.165, 1.54) is 5.57 Å². The molecule has 0 saturated carbocycles. The van der Waals surface area contributed by atoms with Gasteiger partial charge >= 0.3 is 0 Å². The Morgan fingerprint density at radius 3 is 2.45 bits per heavy atom. The number of ether oxygens (including phenoxy) is 1. The van der Waals surface area contributed by atoms with E-state index in [0.717, 1.165) is 25.6 Å². The summed E-state index contributed by atoms with van der Waals surface area (Å²) in [5, 5.41) is 0. The SMILES string of the molecule is CC(C)=CCOCCC(C)C. The summed E-state index contributed by atoms with van der Waals surface area (Å²) in [6.07, 6.45) is 3.27. The third-order valence-electron chi connectivity index (χ3n) is 1.45. The van der Waals surface area contributed by atoms with Crippen LogP contribution in [0.4, 0.5) is 0 Å². The molecule has 0 amide bonds. The summed E-state index contributed by atoms with van der Waals surface area (Å²) in [6.45, 7) is 10.3. The van der Waals surface area contributed by atoms with Crippen molar-refractivity contribution in [2.45, 2.75) is 34.1 Å². The summed E-state index contributed by atoms with van der Waals surface area (Å²) in [4.78, 5) is 0. The van der Waals surface area contributed by atoms with Crippen LogP contribution in [0.5, 0.6) is 0 Å². The average Bonchev–Trinajstić information content (AvgIpc) is 1.85. The van der Waals surface area contributed by atoms with Gasteiger partial charge in [0.25, 0.3) is 0 Å². The van der Waals surface area contributed by atoms with Crippen molar-refractivity contribution in [1.29, 1.82) is 0 Å². The predicted octanol–water partition coefficient (Wildman–Crippen LogP) is 3.02. The maximum absolute atomic E-state index is 5.38. The molecule has 0 aromatic carbocycles. The Kier molecular flexibility index (Phi) is 6.24. The van der Waals surface area contributed by atoms with Crippen LogP contribution >= 0.6 is 0 Å². The first-order valence-electron chi connectivity index (χ1n) is 4.34. The minimum absolute atomic E-state index is 0.752. The summed E-state index contributed by atoms with van der Waals surface area (Å²) < 4.78 is 5.38. The molecule has 0 aromatic rings. The Bertz CT molecular complexity index is 110. The van der Waals surface area contributed by atoms with Crippen LogP contribution in [-0.4, -0.2) is 13.2 Å². The van der Waals surface area contributed by atoms with Gasteiger partial charge in [-0.05, 0) is 26.2 Å². The van der Waals surface area contributed by atoms with E-state index in [1.807, 2.05) is 0 Å². The molecule has 0 saturated heterocycles. The highest BCUT2D eigenvalue weighted by atomic mass is 16.5. The topological polar surface area (TPSA) is 9.23 Å². The van der Waals surface area contributed by atoms with Gasteiger partial charge in [-0.1, -0.05) is 25.5 Å². The number of allylic oxidation sites excluding steroid dienone is 1. The molecule has 0 unspecified atom stereocenters. The smallest absolute Gasteiger partial charge is 0.0649 e. The second-order valence-electron chi connectivity index (χ2n) is 3.54. The molecule has 0 rings (SSSR count). The zero-order chi connectivity index (χ0) is 8.69. The van der Waals surface area contributed by atoms with Crippen molar-refractivity contribution in [2.24, 2.45) is 5.92 Å². The molecular weight excluding hydrogens is 136 g/mol. The molecule has 0 fully saturated rings. The molecule has 0 N–H and O–H groups in total. The third-order valence-corrected chi connectivity index (χ3v) is 1.45. The Balaban J connectivity index is 3.09. The summed E-state index contributed by atoms with van der Waals surface area (Å²) in [5.41, 5.74) is 1.33. The number of rotatable bonds is 5. The van der Waals surface area contributed by atoms with E-state index in [0.29, 0.717) is 0 Å². The molecule has 0 radical (unpaired) electrons. The molecule has 1 heteroatoms. The van der Waals surface area contributed by atoms with Gasteiger partial charge in [-0.25, -0.2) is 0 Å². The van der Waals surface area contributed by atoms with Crippen molar-refractivity contribution in [3.8, 4) is 0 Å². The van der Waals surface area contributed by atoms with Crippen LogP contribution in [0.1, 0.15) is 34.1 Å². The van der Waals surface area contributed by atoms with Crippen molar-refractivity contribution in [1.82, 2.24) is 0 Å². The molecule has 0 atom stereocenters. The standard InChI is InChI=1S/C10H20O/c1-9(2)5-7-11-8-6-10(3)4/h5,10H,6-8H2,1-4H3. The first kappa shape index (κ1) is 10.7.